The van der Waals surface area contributed by atoms with E-state index in [1.54, 1.807) is 38.1 Å². The molecule has 168 valence electrons. The first-order chi connectivity index (χ1) is 14.9. The molecule has 0 heterocycles. The zero-order valence-electron chi connectivity index (χ0n) is 16.9. The van der Waals surface area contributed by atoms with Gasteiger partial charge >= 0.3 is 0 Å². The highest BCUT2D eigenvalue weighted by Crippen LogP contribution is 2.36. The van der Waals surface area contributed by atoms with Gasteiger partial charge in [-0.25, -0.2) is 16.8 Å². The molecule has 32 heavy (non-hydrogen) atoms. The van der Waals surface area contributed by atoms with E-state index < -0.39 is 30.7 Å². The predicted molar refractivity (Wildman–Crippen MR) is 122 cm³/mol. The fourth-order valence-corrected chi connectivity index (χ4v) is 5.09. The Morgan fingerprint density at radius 2 is 1.12 bits per heavy atom. The minimum atomic E-state index is -4.18. The number of benzene rings is 3. The van der Waals surface area contributed by atoms with E-state index in [9.17, 15) is 26.9 Å². The molecule has 0 bridgehead atoms. The number of halogens is 1. The third kappa shape index (κ3) is 5.18. The first-order valence-corrected chi connectivity index (χ1v) is 12.4. The van der Waals surface area contributed by atoms with Gasteiger partial charge in [-0.1, -0.05) is 47.0 Å². The molecular formula is C20H18ClN3O6S2. The van der Waals surface area contributed by atoms with Crippen LogP contribution in [0, 0.1) is 24.0 Å². The molecule has 0 unspecified atom stereocenters. The summed E-state index contributed by atoms with van der Waals surface area (Å²) in [4.78, 5) is 10.3. The molecule has 3 aromatic rings. The van der Waals surface area contributed by atoms with Gasteiger partial charge in [0.05, 0.1) is 26.1 Å². The molecular weight excluding hydrogens is 478 g/mol. The Bertz CT molecular complexity index is 1390. The third-order valence-corrected chi connectivity index (χ3v) is 7.50. The molecule has 0 aromatic heterocycles. The van der Waals surface area contributed by atoms with E-state index in [0.717, 1.165) is 23.3 Å². The second-order valence-corrected chi connectivity index (χ2v) is 10.7. The summed E-state index contributed by atoms with van der Waals surface area (Å²) in [6.07, 6.45) is 0. The highest BCUT2D eigenvalue weighted by molar-refractivity contribution is 7.93. The van der Waals surface area contributed by atoms with E-state index in [-0.39, 0.29) is 26.2 Å². The summed E-state index contributed by atoms with van der Waals surface area (Å²) in [5.74, 6) is 0. The van der Waals surface area contributed by atoms with Crippen LogP contribution in [0.25, 0.3) is 0 Å². The SMILES string of the molecule is Cc1ccc(S(=O)(=O)Nc2cc(Cl)c([N+](=O)[O-])cc2NS(=O)(=O)c2ccc(C)cc2)cc1. The highest BCUT2D eigenvalue weighted by atomic mass is 35.5. The average Bonchev–Trinajstić information content (AvgIpc) is 2.70. The summed E-state index contributed by atoms with van der Waals surface area (Å²) in [6, 6.07) is 13.7. The topological polar surface area (TPSA) is 135 Å². The Morgan fingerprint density at radius 3 is 1.50 bits per heavy atom. The number of nitro benzene ring substituents is 1. The Hall–Kier alpha value is -3.15. The van der Waals surface area contributed by atoms with E-state index in [1.165, 1.54) is 24.3 Å². The van der Waals surface area contributed by atoms with E-state index in [2.05, 4.69) is 9.44 Å². The number of nitrogens with one attached hydrogen (secondary N) is 2. The van der Waals surface area contributed by atoms with E-state index in [1.807, 2.05) is 0 Å². The minimum Gasteiger partial charge on any atom is -0.277 e. The molecule has 0 saturated heterocycles. The molecule has 3 rings (SSSR count). The number of aryl methyl sites for hydroxylation is 2. The molecule has 2 N–H and O–H groups in total. The van der Waals surface area contributed by atoms with Crippen molar-refractivity contribution in [1.29, 1.82) is 0 Å². The van der Waals surface area contributed by atoms with Gasteiger partial charge in [0.1, 0.15) is 5.02 Å². The predicted octanol–water partition coefficient (Wildman–Crippen LogP) is 4.47. The van der Waals surface area contributed by atoms with Gasteiger partial charge < -0.3 is 0 Å². The second-order valence-electron chi connectivity index (χ2n) is 6.94. The average molecular weight is 496 g/mol. The van der Waals surface area contributed by atoms with Crippen LogP contribution in [0.2, 0.25) is 5.02 Å². The molecule has 0 spiro atoms. The van der Waals surface area contributed by atoms with Gasteiger partial charge in [0.25, 0.3) is 25.7 Å². The van der Waals surface area contributed by atoms with Crippen molar-refractivity contribution in [3.63, 3.8) is 0 Å². The summed E-state index contributed by atoms with van der Waals surface area (Å²) in [5, 5.41) is 10.9. The summed E-state index contributed by atoms with van der Waals surface area (Å²) in [5.41, 5.74) is 0.465. The van der Waals surface area contributed by atoms with Crippen LogP contribution in [0.1, 0.15) is 11.1 Å². The lowest BCUT2D eigenvalue weighted by Crippen LogP contribution is -2.18. The lowest BCUT2D eigenvalue weighted by molar-refractivity contribution is -0.384. The first kappa shape index (κ1) is 23.5. The lowest BCUT2D eigenvalue weighted by atomic mass is 10.2. The fourth-order valence-electron chi connectivity index (χ4n) is 2.71. The number of hydrogen-bond acceptors (Lipinski definition) is 6. The standard InChI is InChI=1S/C20H18ClN3O6S2/c1-13-3-7-15(8-4-13)31(27,28)22-18-11-17(21)20(24(25)26)12-19(18)23-32(29,30)16-9-5-14(2)6-10-16/h3-12,22-23H,1-2H3. The molecule has 0 saturated carbocycles. The van der Waals surface area contributed by atoms with Crippen molar-refractivity contribution in [3.8, 4) is 0 Å². The van der Waals surface area contributed by atoms with Crippen LogP contribution in [-0.2, 0) is 20.0 Å². The number of nitrogens with zero attached hydrogens (tertiary/aromatic N) is 1. The first-order valence-electron chi connectivity index (χ1n) is 9.06. The van der Waals surface area contributed by atoms with Crippen molar-refractivity contribution < 1.29 is 21.8 Å². The molecule has 9 nitrogen and oxygen atoms in total. The number of nitro groups is 1. The van der Waals surface area contributed by atoms with E-state index in [0.29, 0.717) is 0 Å². The van der Waals surface area contributed by atoms with Crippen molar-refractivity contribution in [2.45, 2.75) is 23.6 Å². The van der Waals surface area contributed by atoms with Crippen LogP contribution in [-0.4, -0.2) is 21.8 Å². The summed E-state index contributed by atoms with van der Waals surface area (Å²) in [7, 11) is -8.33. The quantitative estimate of drug-likeness (QED) is 0.366. The molecule has 12 heteroatoms. The van der Waals surface area contributed by atoms with Crippen molar-refractivity contribution in [2.24, 2.45) is 0 Å². The molecule has 0 atom stereocenters. The van der Waals surface area contributed by atoms with Gasteiger partial charge in [0, 0.05) is 6.07 Å². The lowest BCUT2D eigenvalue weighted by Gasteiger charge is -2.15. The summed E-state index contributed by atoms with van der Waals surface area (Å²) >= 11 is 5.94. The Balaban J connectivity index is 2.08. The van der Waals surface area contributed by atoms with Crippen molar-refractivity contribution in [1.82, 2.24) is 0 Å². The third-order valence-electron chi connectivity index (χ3n) is 4.43. The molecule has 0 aliphatic heterocycles. The van der Waals surface area contributed by atoms with Crippen LogP contribution < -0.4 is 9.44 Å². The van der Waals surface area contributed by atoms with Crippen LogP contribution in [0.15, 0.2) is 70.5 Å². The zero-order valence-corrected chi connectivity index (χ0v) is 19.3. The maximum atomic E-state index is 12.8. The van der Waals surface area contributed by atoms with Crippen LogP contribution in [0.4, 0.5) is 17.1 Å². The molecule has 3 aromatic carbocycles. The minimum absolute atomic E-state index is 0.0788. The smallest absolute Gasteiger partial charge is 0.277 e. The van der Waals surface area contributed by atoms with Gasteiger partial charge in [0.2, 0.25) is 0 Å². The second kappa shape index (κ2) is 8.77. The Kier molecular flexibility index (Phi) is 6.44. The van der Waals surface area contributed by atoms with Gasteiger partial charge in [-0.2, -0.15) is 0 Å². The van der Waals surface area contributed by atoms with Crippen LogP contribution >= 0.6 is 11.6 Å². The monoisotopic (exact) mass is 495 g/mol. The highest BCUT2D eigenvalue weighted by Gasteiger charge is 2.24. The van der Waals surface area contributed by atoms with Crippen LogP contribution in [0.3, 0.4) is 0 Å². The van der Waals surface area contributed by atoms with Crippen molar-refractivity contribution >= 4 is 48.7 Å². The molecule has 0 radical (unpaired) electrons. The summed E-state index contributed by atoms with van der Waals surface area (Å²) in [6.45, 7) is 3.57. The van der Waals surface area contributed by atoms with Gasteiger partial charge in [-0.15, -0.1) is 0 Å². The van der Waals surface area contributed by atoms with Gasteiger partial charge in [0.15, 0.2) is 0 Å². The maximum Gasteiger partial charge on any atom is 0.290 e. The van der Waals surface area contributed by atoms with Gasteiger partial charge in [-0.3, -0.25) is 19.6 Å². The number of hydrogen-bond donors (Lipinski definition) is 2. The Morgan fingerprint density at radius 1 is 0.750 bits per heavy atom. The molecule has 0 aliphatic rings. The molecule has 0 fully saturated rings. The molecule has 0 amide bonds. The fraction of sp³-hybridized carbons (Fsp3) is 0.100. The Labute approximate surface area is 190 Å². The maximum absolute atomic E-state index is 12.8. The van der Waals surface area contributed by atoms with E-state index >= 15 is 0 Å². The number of sulfonamides is 2. The number of anilines is 2. The van der Waals surface area contributed by atoms with Crippen molar-refractivity contribution in [2.75, 3.05) is 9.44 Å². The normalized spacial score (nSPS) is 11.7. The zero-order chi connectivity index (χ0) is 23.7. The summed E-state index contributed by atoms with van der Waals surface area (Å²) < 4.78 is 55.7. The number of rotatable bonds is 7. The van der Waals surface area contributed by atoms with Crippen molar-refractivity contribution in [3.05, 3.63) is 86.9 Å². The van der Waals surface area contributed by atoms with Crippen LogP contribution in [0.5, 0.6) is 0 Å². The molecule has 0 aliphatic carbocycles. The van der Waals surface area contributed by atoms with Gasteiger partial charge in [-0.05, 0) is 44.2 Å². The largest absolute Gasteiger partial charge is 0.290 e. The van der Waals surface area contributed by atoms with E-state index in [4.69, 9.17) is 11.6 Å².